The average molecular weight is 95.1 g/mol. The molecule has 1 N–H and O–H groups in total. The molecule has 0 bridgehead atoms. The number of hydrogen-bond donors (Lipinski definition) is 1. The van der Waals surface area contributed by atoms with E-state index in [0.717, 1.165) is 6.42 Å². The number of allylic oxidation sites excluding steroid dienone is 3. The average Bonchev–Trinajstić information content (AvgIpc) is 1.69. The van der Waals surface area contributed by atoms with Crippen molar-refractivity contribution in [1.82, 2.24) is 0 Å². The summed E-state index contributed by atoms with van der Waals surface area (Å²) in [6.07, 6.45) is 8.16. The minimum atomic E-state index is 0.353. The first-order valence-corrected chi connectivity index (χ1v) is 2.28. The SMILES string of the molecule is OC1=C[CH]CC=C1. The second kappa shape index (κ2) is 1.82. The molecule has 1 aliphatic carbocycles. The van der Waals surface area contributed by atoms with Crippen molar-refractivity contribution in [3.05, 3.63) is 30.4 Å². The highest BCUT2D eigenvalue weighted by molar-refractivity contribution is 5.20. The van der Waals surface area contributed by atoms with Gasteiger partial charge in [0.2, 0.25) is 0 Å². The fourth-order valence-electron chi connectivity index (χ4n) is 0.512. The molecule has 7 heavy (non-hydrogen) atoms. The zero-order valence-corrected chi connectivity index (χ0v) is 3.96. The van der Waals surface area contributed by atoms with Crippen molar-refractivity contribution in [2.45, 2.75) is 6.42 Å². The maximum absolute atomic E-state index is 8.65. The van der Waals surface area contributed by atoms with Gasteiger partial charge in [0.05, 0.1) is 0 Å². The topological polar surface area (TPSA) is 20.2 Å². The lowest BCUT2D eigenvalue weighted by atomic mass is 10.2. The predicted molar refractivity (Wildman–Crippen MR) is 28.8 cm³/mol. The molecule has 0 unspecified atom stereocenters. The van der Waals surface area contributed by atoms with Gasteiger partial charge in [0.15, 0.2) is 0 Å². The Morgan fingerprint density at radius 1 is 1.57 bits per heavy atom. The third-order valence-electron chi connectivity index (χ3n) is 0.849. The summed E-state index contributed by atoms with van der Waals surface area (Å²) >= 11 is 0. The largest absolute Gasteiger partial charge is 0.508 e. The molecule has 0 aromatic rings. The summed E-state index contributed by atoms with van der Waals surface area (Å²) in [5.41, 5.74) is 0. The summed E-state index contributed by atoms with van der Waals surface area (Å²) in [7, 11) is 0. The predicted octanol–water partition coefficient (Wildman–Crippen LogP) is 1.59. The summed E-state index contributed by atoms with van der Waals surface area (Å²) in [5, 5.41) is 8.65. The molecule has 0 aliphatic heterocycles. The Kier molecular flexibility index (Phi) is 1.16. The normalized spacial score (nSPS) is 19.1. The Morgan fingerprint density at radius 3 is 2.71 bits per heavy atom. The molecule has 37 valence electrons. The lowest BCUT2D eigenvalue weighted by Gasteiger charge is -1.95. The Bertz CT molecular complexity index is 111. The standard InChI is InChI=1S/C6H7O/c7-6-4-2-1-3-5-6/h2-5,7H,1H2. The molecule has 1 rings (SSSR count). The van der Waals surface area contributed by atoms with Gasteiger partial charge in [-0.25, -0.2) is 0 Å². The van der Waals surface area contributed by atoms with Crippen LogP contribution in [0.25, 0.3) is 0 Å². The molecule has 0 amide bonds. The van der Waals surface area contributed by atoms with Crippen molar-refractivity contribution in [2.24, 2.45) is 0 Å². The second-order valence-corrected chi connectivity index (χ2v) is 1.47. The van der Waals surface area contributed by atoms with Crippen molar-refractivity contribution in [1.29, 1.82) is 0 Å². The highest BCUT2D eigenvalue weighted by Crippen LogP contribution is 2.03. The third-order valence-corrected chi connectivity index (χ3v) is 0.849. The minimum Gasteiger partial charge on any atom is -0.508 e. The van der Waals surface area contributed by atoms with Crippen molar-refractivity contribution < 1.29 is 5.11 Å². The first-order valence-electron chi connectivity index (χ1n) is 2.28. The number of rotatable bonds is 0. The first-order chi connectivity index (χ1) is 3.39. The summed E-state index contributed by atoms with van der Waals surface area (Å²) in [6.45, 7) is 0. The molecule has 1 aliphatic rings. The monoisotopic (exact) mass is 95.0 g/mol. The molecule has 0 heterocycles. The van der Waals surface area contributed by atoms with Crippen LogP contribution in [0.3, 0.4) is 0 Å². The van der Waals surface area contributed by atoms with Gasteiger partial charge in [0.1, 0.15) is 5.76 Å². The van der Waals surface area contributed by atoms with Gasteiger partial charge in [-0.2, -0.15) is 0 Å². The van der Waals surface area contributed by atoms with Gasteiger partial charge in [-0.15, -0.1) is 0 Å². The Morgan fingerprint density at radius 2 is 2.43 bits per heavy atom. The molecule has 0 saturated carbocycles. The molecule has 0 aromatic carbocycles. The Hall–Kier alpha value is -0.720. The van der Waals surface area contributed by atoms with Gasteiger partial charge in [0, 0.05) is 0 Å². The fraction of sp³-hybridized carbons (Fsp3) is 0.167. The molecule has 1 heteroatoms. The molecule has 0 atom stereocenters. The smallest absolute Gasteiger partial charge is 0.111 e. The van der Waals surface area contributed by atoms with Crippen molar-refractivity contribution in [3.63, 3.8) is 0 Å². The lowest BCUT2D eigenvalue weighted by molar-refractivity contribution is 0.430. The number of hydrogen-bond acceptors (Lipinski definition) is 1. The zero-order valence-electron chi connectivity index (χ0n) is 3.96. The van der Waals surface area contributed by atoms with Crippen LogP contribution in [0.5, 0.6) is 0 Å². The minimum absolute atomic E-state index is 0.353. The van der Waals surface area contributed by atoms with Crippen LogP contribution in [0.1, 0.15) is 6.42 Å². The van der Waals surface area contributed by atoms with Gasteiger partial charge in [-0.3, -0.25) is 0 Å². The summed E-state index contributed by atoms with van der Waals surface area (Å²) in [4.78, 5) is 0. The molecule has 0 spiro atoms. The van der Waals surface area contributed by atoms with E-state index in [9.17, 15) is 0 Å². The van der Waals surface area contributed by atoms with Gasteiger partial charge in [-0.05, 0) is 25.0 Å². The van der Waals surface area contributed by atoms with Crippen LogP contribution in [-0.4, -0.2) is 5.11 Å². The van der Waals surface area contributed by atoms with Crippen molar-refractivity contribution in [2.75, 3.05) is 0 Å². The summed E-state index contributed by atoms with van der Waals surface area (Å²) in [5.74, 6) is 0.353. The van der Waals surface area contributed by atoms with E-state index in [2.05, 4.69) is 0 Å². The first kappa shape index (κ1) is 4.44. The maximum atomic E-state index is 8.65. The Labute approximate surface area is 43.0 Å². The molecule has 1 radical (unpaired) electrons. The van der Waals surface area contributed by atoms with E-state index in [-0.39, 0.29) is 0 Å². The third kappa shape index (κ3) is 1.07. The lowest BCUT2D eigenvalue weighted by Crippen LogP contribution is -1.80. The molecular formula is C6H7O. The van der Waals surface area contributed by atoms with Crippen molar-refractivity contribution >= 4 is 0 Å². The molecule has 0 saturated heterocycles. The summed E-state index contributed by atoms with van der Waals surface area (Å²) < 4.78 is 0. The number of aliphatic hydroxyl groups excluding tert-OH is 1. The van der Waals surface area contributed by atoms with Crippen LogP contribution in [0.2, 0.25) is 0 Å². The molecule has 0 aromatic heterocycles. The van der Waals surface area contributed by atoms with E-state index in [4.69, 9.17) is 5.11 Å². The van der Waals surface area contributed by atoms with Crippen LogP contribution >= 0.6 is 0 Å². The summed E-state index contributed by atoms with van der Waals surface area (Å²) in [6, 6.07) is 0. The fourth-order valence-corrected chi connectivity index (χ4v) is 0.512. The van der Waals surface area contributed by atoms with Crippen LogP contribution in [-0.2, 0) is 0 Å². The van der Waals surface area contributed by atoms with Gasteiger partial charge < -0.3 is 5.11 Å². The molecule has 0 fully saturated rings. The molecular weight excluding hydrogens is 88.1 g/mol. The van der Waals surface area contributed by atoms with E-state index >= 15 is 0 Å². The van der Waals surface area contributed by atoms with E-state index in [1.54, 1.807) is 12.2 Å². The van der Waals surface area contributed by atoms with E-state index < -0.39 is 0 Å². The van der Waals surface area contributed by atoms with Crippen molar-refractivity contribution in [3.8, 4) is 0 Å². The van der Waals surface area contributed by atoms with E-state index in [0.29, 0.717) is 5.76 Å². The van der Waals surface area contributed by atoms with Crippen LogP contribution in [0, 0.1) is 6.42 Å². The Balaban J connectivity index is 2.58. The van der Waals surface area contributed by atoms with Gasteiger partial charge in [-0.1, -0.05) is 6.08 Å². The van der Waals surface area contributed by atoms with Crippen LogP contribution in [0.15, 0.2) is 24.0 Å². The van der Waals surface area contributed by atoms with E-state index in [1.807, 2.05) is 12.5 Å². The maximum Gasteiger partial charge on any atom is 0.111 e. The van der Waals surface area contributed by atoms with Crippen LogP contribution in [0.4, 0.5) is 0 Å². The van der Waals surface area contributed by atoms with Gasteiger partial charge in [0.25, 0.3) is 0 Å². The van der Waals surface area contributed by atoms with E-state index in [1.165, 1.54) is 0 Å². The quantitative estimate of drug-likeness (QED) is 0.484. The molecule has 1 nitrogen and oxygen atoms in total. The van der Waals surface area contributed by atoms with Crippen LogP contribution < -0.4 is 0 Å². The highest BCUT2D eigenvalue weighted by Gasteiger charge is 1.89. The highest BCUT2D eigenvalue weighted by atomic mass is 16.3. The second-order valence-electron chi connectivity index (χ2n) is 1.47. The number of aliphatic hydroxyl groups is 1. The zero-order chi connectivity index (χ0) is 5.11. The van der Waals surface area contributed by atoms with Gasteiger partial charge >= 0.3 is 0 Å².